The summed E-state index contributed by atoms with van der Waals surface area (Å²) in [6, 6.07) is 1.98. The van der Waals surface area contributed by atoms with Crippen LogP contribution in [0.4, 0.5) is 11.5 Å². The molecule has 2 heterocycles. The van der Waals surface area contributed by atoms with E-state index in [2.05, 4.69) is 23.9 Å². The third-order valence-corrected chi connectivity index (χ3v) is 3.65. The SMILES string of the molecule is Cc1cc(N)cnc1N(C)CCC1CCOCC1. The van der Waals surface area contributed by atoms with Crippen LogP contribution in [-0.2, 0) is 4.74 Å². The first-order valence-electron chi connectivity index (χ1n) is 6.68. The van der Waals surface area contributed by atoms with E-state index >= 15 is 0 Å². The first kappa shape index (κ1) is 13.1. The number of aryl methyl sites for hydroxylation is 1. The first-order valence-corrected chi connectivity index (χ1v) is 6.68. The molecule has 0 spiro atoms. The molecule has 4 heteroatoms. The van der Waals surface area contributed by atoms with Gasteiger partial charge in [0.05, 0.1) is 11.9 Å². The molecule has 0 radical (unpaired) electrons. The van der Waals surface area contributed by atoms with Gasteiger partial charge < -0.3 is 15.4 Å². The smallest absolute Gasteiger partial charge is 0.131 e. The van der Waals surface area contributed by atoms with Crippen molar-refractivity contribution in [1.82, 2.24) is 4.98 Å². The predicted molar refractivity (Wildman–Crippen MR) is 74.8 cm³/mol. The number of nitrogens with zero attached hydrogens (tertiary/aromatic N) is 2. The van der Waals surface area contributed by atoms with E-state index in [-0.39, 0.29) is 0 Å². The van der Waals surface area contributed by atoms with Gasteiger partial charge in [-0.3, -0.25) is 0 Å². The van der Waals surface area contributed by atoms with Crippen LogP contribution in [0, 0.1) is 12.8 Å². The van der Waals surface area contributed by atoms with Crippen LogP contribution in [0.2, 0.25) is 0 Å². The highest BCUT2D eigenvalue weighted by Gasteiger charge is 2.15. The van der Waals surface area contributed by atoms with Crippen molar-refractivity contribution in [2.24, 2.45) is 5.92 Å². The van der Waals surface area contributed by atoms with Gasteiger partial charge in [0, 0.05) is 26.8 Å². The van der Waals surface area contributed by atoms with Crippen molar-refractivity contribution in [2.75, 3.05) is 37.4 Å². The fourth-order valence-corrected chi connectivity index (χ4v) is 2.51. The molecule has 0 atom stereocenters. The molecule has 1 aromatic rings. The van der Waals surface area contributed by atoms with Crippen molar-refractivity contribution < 1.29 is 4.74 Å². The quantitative estimate of drug-likeness (QED) is 0.889. The lowest BCUT2D eigenvalue weighted by atomic mass is 9.96. The molecule has 1 aliphatic rings. The van der Waals surface area contributed by atoms with Crippen LogP contribution in [-0.4, -0.2) is 31.8 Å². The Bertz CT molecular complexity index is 389. The molecule has 2 rings (SSSR count). The van der Waals surface area contributed by atoms with Crippen molar-refractivity contribution >= 4 is 11.5 Å². The van der Waals surface area contributed by atoms with Gasteiger partial charge in [-0.25, -0.2) is 4.98 Å². The summed E-state index contributed by atoms with van der Waals surface area (Å²) in [6.07, 6.45) is 5.34. The van der Waals surface area contributed by atoms with E-state index < -0.39 is 0 Å². The zero-order valence-electron chi connectivity index (χ0n) is 11.4. The second kappa shape index (κ2) is 6.05. The molecule has 100 valence electrons. The van der Waals surface area contributed by atoms with Crippen molar-refractivity contribution in [3.63, 3.8) is 0 Å². The molecule has 1 fully saturated rings. The maximum Gasteiger partial charge on any atom is 0.131 e. The Balaban J connectivity index is 1.88. The number of rotatable bonds is 4. The number of pyridine rings is 1. The summed E-state index contributed by atoms with van der Waals surface area (Å²) in [5, 5.41) is 0. The number of ether oxygens (including phenoxy) is 1. The van der Waals surface area contributed by atoms with Gasteiger partial charge in [-0.05, 0) is 43.7 Å². The number of hydrogen-bond donors (Lipinski definition) is 1. The summed E-state index contributed by atoms with van der Waals surface area (Å²) in [5.74, 6) is 1.84. The highest BCUT2D eigenvalue weighted by Crippen LogP contribution is 2.22. The highest BCUT2D eigenvalue weighted by molar-refractivity contribution is 5.52. The first-order chi connectivity index (χ1) is 8.66. The number of nitrogen functional groups attached to an aromatic ring is 1. The van der Waals surface area contributed by atoms with Gasteiger partial charge in [0.25, 0.3) is 0 Å². The monoisotopic (exact) mass is 249 g/mol. The van der Waals surface area contributed by atoms with E-state index in [1.165, 1.54) is 19.3 Å². The molecule has 18 heavy (non-hydrogen) atoms. The molecule has 0 aliphatic carbocycles. The molecule has 1 saturated heterocycles. The maximum absolute atomic E-state index is 5.72. The topological polar surface area (TPSA) is 51.4 Å². The Morgan fingerprint density at radius 2 is 2.17 bits per heavy atom. The van der Waals surface area contributed by atoms with E-state index in [4.69, 9.17) is 10.5 Å². The fourth-order valence-electron chi connectivity index (χ4n) is 2.51. The number of hydrogen-bond acceptors (Lipinski definition) is 4. The molecule has 2 N–H and O–H groups in total. The second-order valence-electron chi connectivity index (χ2n) is 5.18. The largest absolute Gasteiger partial charge is 0.397 e. The van der Waals surface area contributed by atoms with Gasteiger partial charge in [-0.2, -0.15) is 0 Å². The Morgan fingerprint density at radius 3 is 2.83 bits per heavy atom. The van der Waals surface area contributed by atoms with Gasteiger partial charge in [0.15, 0.2) is 0 Å². The lowest BCUT2D eigenvalue weighted by molar-refractivity contribution is 0.0645. The average molecular weight is 249 g/mol. The van der Waals surface area contributed by atoms with Crippen LogP contribution in [0.3, 0.4) is 0 Å². The highest BCUT2D eigenvalue weighted by atomic mass is 16.5. The van der Waals surface area contributed by atoms with Crippen molar-refractivity contribution in [3.05, 3.63) is 17.8 Å². The summed E-state index contributed by atoms with van der Waals surface area (Å²) in [5.41, 5.74) is 7.60. The van der Waals surface area contributed by atoms with Gasteiger partial charge in [0.2, 0.25) is 0 Å². The third kappa shape index (κ3) is 3.35. The van der Waals surface area contributed by atoms with Crippen LogP contribution in [0.15, 0.2) is 12.3 Å². The number of anilines is 2. The Morgan fingerprint density at radius 1 is 1.44 bits per heavy atom. The van der Waals surface area contributed by atoms with E-state index in [0.717, 1.165) is 42.7 Å². The molecular weight excluding hydrogens is 226 g/mol. The standard InChI is InChI=1S/C14H23N3O/c1-11-9-13(15)10-16-14(11)17(2)6-3-12-4-7-18-8-5-12/h9-10,12H,3-8,15H2,1-2H3. The van der Waals surface area contributed by atoms with Crippen LogP contribution in [0.1, 0.15) is 24.8 Å². The van der Waals surface area contributed by atoms with Crippen LogP contribution >= 0.6 is 0 Å². The molecule has 0 amide bonds. The number of nitrogens with two attached hydrogens (primary N) is 1. The fraction of sp³-hybridized carbons (Fsp3) is 0.643. The lowest BCUT2D eigenvalue weighted by Gasteiger charge is -2.26. The van der Waals surface area contributed by atoms with E-state index in [9.17, 15) is 0 Å². The Kier molecular flexibility index (Phi) is 4.42. The summed E-state index contributed by atoms with van der Waals surface area (Å²) < 4.78 is 5.38. The van der Waals surface area contributed by atoms with E-state index in [0.29, 0.717) is 0 Å². The van der Waals surface area contributed by atoms with Crippen LogP contribution < -0.4 is 10.6 Å². The molecule has 0 aromatic carbocycles. The summed E-state index contributed by atoms with van der Waals surface area (Å²) in [7, 11) is 2.10. The van der Waals surface area contributed by atoms with Gasteiger partial charge in [-0.15, -0.1) is 0 Å². The van der Waals surface area contributed by atoms with Gasteiger partial charge >= 0.3 is 0 Å². The maximum atomic E-state index is 5.72. The summed E-state index contributed by atoms with van der Waals surface area (Å²) >= 11 is 0. The normalized spacial score (nSPS) is 16.8. The van der Waals surface area contributed by atoms with Gasteiger partial charge in [0.1, 0.15) is 5.82 Å². The minimum Gasteiger partial charge on any atom is -0.397 e. The molecule has 1 aliphatic heterocycles. The van der Waals surface area contributed by atoms with Crippen molar-refractivity contribution in [2.45, 2.75) is 26.2 Å². The average Bonchev–Trinajstić information content (AvgIpc) is 2.37. The molecule has 0 bridgehead atoms. The zero-order valence-corrected chi connectivity index (χ0v) is 11.4. The van der Waals surface area contributed by atoms with E-state index in [1.807, 2.05) is 6.07 Å². The molecule has 0 unspecified atom stereocenters. The third-order valence-electron chi connectivity index (χ3n) is 3.65. The second-order valence-corrected chi connectivity index (χ2v) is 5.18. The lowest BCUT2D eigenvalue weighted by Crippen LogP contribution is -2.25. The molecule has 4 nitrogen and oxygen atoms in total. The Hall–Kier alpha value is -1.29. The van der Waals surface area contributed by atoms with Crippen molar-refractivity contribution in [3.8, 4) is 0 Å². The number of aromatic nitrogens is 1. The Labute approximate surface area is 109 Å². The molecular formula is C14H23N3O. The van der Waals surface area contributed by atoms with Crippen molar-refractivity contribution in [1.29, 1.82) is 0 Å². The molecule has 0 saturated carbocycles. The van der Waals surface area contributed by atoms with E-state index in [1.54, 1.807) is 6.20 Å². The summed E-state index contributed by atoms with van der Waals surface area (Å²) in [4.78, 5) is 6.64. The van der Waals surface area contributed by atoms with Gasteiger partial charge in [-0.1, -0.05) is 0 Å². The van der Waals surface area contributed by atoms with Crippen LogP contribution in [0.25, 0.3) is 0 Å². The predicted octanol–water partition coefficient (Wildman–Crippen LogP) is 2.23. The summed E-state index contributed by atoms with van der Waals surface area (Å²) in [6.45, 7) is 4.95. The molecule has 1 aromatic heterocycles. The zero-order chi connectivity index (χ0) is 13.0. The van der Waals surface area contributed by atoms with Crippen LogP contribution in [0.5, 0.6) is 0 Å². The minimum absolute atomic E-state index is 0.731. The minimum atomic E-state index is 0.731.